The van der Waals surface area contributed by atoms with Crippen LogP contribution in [0.5, 0.6) is 0 Å². The summed E-state index contributed by atoms with van der Waals surface area (Å²) in [4.78, 5) is 19.1. The van der Waals surface area contributed by atoms with Crippen molar-refractivity contribution in [1.29, 1.82) is 0 Å². The number of aryl methyl sites for hydroxylation is 3. The first-order chi connectivity index (χ1) is 14.9. The molecule has 0 unspecified atom stereocenters. The number of benzene rings is 2. The van der Waals surface area contributed by atoms with Crippen molar-refractivity contribution in [1.82, 2.24) is 9.55 Å². The minimum absolute atomic E-state index is 0.104. The van der Waals surface area contributed by atoms with Crippen LogP contribution in [0.25, 0.3) is 5.69 Å². The van der Waals surface area contributed by atoms with Crippen molar-refractivity contribution in [3.05, 3.63) is 86.8 Å². The standard InChI is InChI=1S/C25H27ClFN3O/c1-17-14-25(31)30(18(2)28-17)22-8-9-24(23(26)16-22)29-12-10-19(11-13-29)6-7-20-4-3-5-21(27)15-20/h3-5,8-9,14-16,19H,6-7,10-13H2,1-2H3. The van der Waals surface area contributed by atoms with Gasteiger partial charge in [0.2, 0.25) is 0 Å². The minimum Gasteiger partial charge on any atom is -0.370 e. The van der Waals surface area contributed by atoms with Gasteiger partial charge < -0.3 is 4.90 Å². The molecule has 4 nitrogen and oxygen atoms in total. The lowest BCUT2D eigenvalue weighted by Crippen LogP contribution is -2.34. The van der Waals surface area contributed by atoms with Crippen LogP contribution < -0.4 is 10.5 Å². The normalized spacial score (nSPS) is 14.8. The van der Waals surface area contributed by atoms with Gasteiger partial charge in [0.1, 0.15) is 11.6 Å². The van der Waals surface area contributed by atoms with Gasteiger partial charge in [-0.25, -0.2) is 9.37 Å². The second-order valence-electron chi connectivity index (χ2n) is 8.35. The number of anilines is 1. The smallest absolute Gasteiger partial charge is 0.258 e. The van der Waals surface area contributed by atoms with Gasteiger partial charge >= 0.3 is 0 Å². The van der Waals surface area contributed by atoms with E-state index in [1.807, 2.05) is 38.1 Å². The van der Waals surface area contributed by atoms with Crippen LogP contribution in [-0.2, 0) is 6.42 Å². The molecule has 1 saturated heterocycles. The Morgan fingerprint density at radius 1 is 1.10 bits per heavy atom. The Balaban J connectivity index is 1.40. The van der Waals surface area contributed by atoms with Gasteiger partial charge in [0.15, 0.2) is 0 Å². The van der Waals surface area contributed by atoms with Gasteiger partial charge in [-0.3, -0.25) is 9.36 Å². The van der Waals surface area contributed by atoms with E-state index in [9.17, 15) is 9.18 Å². The maximum Gasteiger partial charge on any atom is 0.258 e. The molecule has 3 aromatic rings. The van der Waals surface area contributed by atoms with Gasteiger partial charge in [0.05, 0.1) is 16.4 Å². The highest BCUT2D eigenvalue weighted by Gasteiger charge is 2.21. The molecule has 0 N–H and O–H groups in total. The Labute approximate surface area is 187 Å². The van der Waals surface area contributed by atoms with Crippen molar-refractivity contribution in [3.8, 4) is 5.69 Å². The molecule has 4 rings (SSSR count). The summed E-state index contributed by atoms with van der Waals surface area (Å²) in [5, 5.41) is 0.641. The Morgan fingerprint density at radius 3 is 2.55 bits per heavy atom. The molecule has 1 aliphatic rings. The van der Waals surface area contributed by atoms with Crippen LogP contribution in [0.1, 0.15) is 36.3 Å². The summed E-state index contributed by atoms with van der Waals surface area (Å²) < 4.78 is 15.0. The number of rotatable bonds is 5. The third-order valence-electron chi connectivity index (χ3n) is 6.09. The van der Waals surface area contributed by atoms with Crippen LogP contribution in [0.15, 0.2) is 53.3 Å². The molecule has 0 saturated carbocycles. The first-order valence-corrected chi connectivity index (χ1v) is 11.1. The number of aromatic nitrogens is 2. The molecule has 31 heavy (non-hydrogen) atoms. The molecule has 162 valence electrons. The molecule has 2 heterocycles. The summed E-state index contributed by atoms with van der Waals surface area (Å²) in [5.74, 6) is 1.12. The largest absolute Gasteiger partial charge is 0.370 e. The van der Waals surface area contributed by atoms with Crippen LogP contribution >= 0.6 is 11.6 Å². The van der Waals surface area contributed by atoms with E-state index in [1.165, 1.54) is 12.1 Å². The zero-order valence-electron chi connectivity index (χ0n) is 17.9. The lowest BCUT2D eigenvalue weighted by Gasteiger charge is -2.34. The van der Waals surface area contributed by atoms with E-state index in [0.29, 0.717) is 22.5 Å². The first-order valence-electron chi connectivity index (χ1n) is 10.8. The fraction of sp³-hybridized carbons (Fsp3) is 0.360. The maximum absolute atomic E-state index is 13.4. The van der Waals surface area contributed by atoms with E-state index in [0.717, 1.165) is 55.7 Å². The van der Waals surface area contributed by atoms with Crippen molar-refractivity contribution in [2.24, 2.45) is 5.92 Å². The number of hydrogen-bond donors (Lipinski definition) is 0. The lowest BCUT2D eigenvalue weighted by atomic mass is 9.90. The van der Waals surface area contributed by atoms with Gasteiger partial charge in [-0.1, -0.05) is 23.7 Å². The average Bonchev–Trinajstić information content (AvgIpc) is 2.72. The highest BCUT2D eigenvalue weighted by Crippen LogP contribution is 2.32. The SMILES string of the molecule is Cc1cc(=O)n(-c2ccc(N3CCC(CCc4cccc(F)c4)CC3)c(Cl)c2)c(C)n1. The summed E-state index contributed by atoms with van der Waals surface area (Å²) in [6.45, 7) is 5.53. The maximum atomic E-state index is 13.4. The first kappa shape index (κ1) is 21.6. The summed E-state index contributed by atoms with van der Waals surface area (Å²) in [5.41, 5.74) is 3.40. The van der Waals surface area contributed by atoms with Gasteiger partial charge in [-0.15, -0.1) is 0 Å². The number of halogens is 2. The van der Waals surface area contributed by atoms with Gasteiger partial charge in [0.25, 0.3) is 5.56 Å². The predicted molar refractivity (Wildman–Crippen MR) is 124 cm³/mol. The Hall–Kier alpha value is -2.66. The van der Waals surface area contributed by atoms with Crippen LogP contribution in [0, 0.1) is 25.6 Å². The van der Waals surface area contributed by atoms with Crippen molar-refractivity contribution >= 4 is 17.3 Å². The Kier molecular flexibility index (Phi) is 6.42. The van der Waals surface area contributed by atoms with Crippen LogP contribution in [0.3, 0.4) is 0 Å². The molecule has 0 aliphatic carbocycles. The third-order valence-corrected chi connectivity index (χ3v) is 6.39. The minimum atomic E-state index is -0.163. The number of piperidine rings is 1. The van der Waals surface area contributed by atoms with Gasteiger partial charge in [-0.05, 0) is 81.3 Å². The molecule has 6 heteroatoms. The van der Waals surface area contributed by atoms with E-state index in [1.54, 1.807) is 16.7 Å². The average molecular weight is 440 g/mol. The zero-order valence-corrected chi connectivity index (χ0v) is 18.7. The van der Waals surface area contributed by atoms with Crippen molar-refractivity contribution in [2.75, 3.05) is 18.0 Å². The monoisotopic (exact) mass is 439 g/mol. The molecule has 1 fully saturated rings. The van der Waals surface area contributed by atoms with Gasteiger partial charge in [0, 0.05) is 24.8 Å². The highest BCUT2D eigenvalue weighted by molar-refractivity contribution is 6.33. The van der Waals surface area contributed by atoms with Crippen LogP contribution in [0.4, 0.5) is 10.1 Å². The number of nitrogens with zero attached hydrogens (tertiary/aromatic N) is 3. The molecule has 0 radical (unpaired) electrons. The molecule has 1 aliphatic heterocycles. The Bertz CT molecular complexity index is 1140. The summed E-state index contributed by atoms with van der Waals surface area (Å²) in [6.07, 6.45) is 4.17. The Morgan fingerprint density at radius 2 is 1.87 bits per heavy atom. The van der Waals surface area contributed by atoms with Crippen LogP contribution in [-0.4, -0.2) is 22.6 Å². The molecule has 1 aromatic heterocycles. The topological polar surface area (TPSA) is 38.1 Å². The van der Waals surface area contributed by atoms with E-state index in [-0.39, 0.29) is 11.4 Å². The fourth-order valence-corrected chi connectivity index (χ4v) is 4.77. The molecule has 0 atom stereocenters. The fourth-order valence-electron chi connectivity index (χ4n) is 4.47. The predicted octanol–water partition coefficient (Wildman–Crippen LogP) is 5.49. The molecular formula is C25H27ClFN3O. The van der Waals surface area contributed by atoms with E-state index < -0.39 is 0 Å². The zero-order chi connectivity index (χ0) is 22.0. The number of hydrogen-bond acceptors (Lipinski definition) is 3. The quantitative estimate of drug-likeness (QED) is 0.527. The summed E-state index contributed by atoms with van der Waals surface area (Å²) >= 11 is 6.63. The van der Waals surface area contributed by atoms with Crippen LogP contribution in [0.2, 0.25) is 5.02 Å². The lowest BCUT2D eigenvalue weighted by molar-refractivity contribution is 0.382. The van der Waals surface area contributed by atoms with Crippen molar-refractivity contribution in [3.63, 3.8) is 0 Å². The van der Waals surface area contributed by atoms with Gasteiger partial charge in [-0.2, -0.15) is 0 Å². The van der Waals surface area contributed by atoms with E-state index in [4.69, 9.17) is 11.6 Å². The van der Waals surface area contributed by atoms with E-state index >= 15 is 0 Å². The third kappa shape index (κ3) is 4.99. The van der Waals surface area contributed by atoms with Crippen molar-refractivity contribution < 1.29 is 4.39 Å². The highest BCUT2D eigenvalue weighted by atomic mass is 35.5. The molecule has 0 bridgehead atoms. The molecule has 2 aromatic carbocycles. The summed E-state index contributed by atoms with van der Waals surface area (Å²) in [7, 11) is 0. The summed E-state index contributed by atoms with van der Waals surface area (Å²) in [6, 6.07) is 14.2. The second-order valence-corrected chi connectivity index (χ2v) is 8.76. The van der Waals surface area contributed by atoms with Crippen molar-refractivity contribution in [2.45, 2.75) is 39.5 Å². The second kappa shape index (κ2) is 9.23. The molecule has 0 amide bonds. The molecular weight excluding hydrogens is 413 g/mol. The molecule has 0 spiro atoms. The van der Waals surface area contributed by atoms with E-state index in [2.05, 4.69) is 9.88 Å².